The number of hydrogen-bond donors (Lipinski definition) is 0. The fraction of sp³-hybridized carbons (Fsp3) is 0.368. The van der Waals surface area contributed by atoms with E-state index in [9.17, 15) is 8.42 Å². The van der Waals surface area contributed by atoms with Crippen LogP contribution in [0.2, 0.25) is 5.02 Å². The van der Waals surface area contributed by atoms with E-state index in [0.29, 0.717) is 30.5 Å². The number of benzene rings is 2. The normalized spacial score (nSPS) is 18.5. The number of methoxy groups -OCH3 is 1. The Balaban J connectivity index is 1.63. The van der Waals surface area contributed by atoms with Crippen molar-refractivity contribution in [1.82, 2.24) is 4.31 Å². The minimum Gasteiger partial charge on any atom is -0.497 e. The lowest BCUT2D eigenvalue weighted by Gasteiger charge is -2.31. The van der Waals surface area contributed by atoms with Gasteiger partial charge in [-0.05, 0) is 61.4 Å². The molecule has 2 aromatic carbocycles. The first-order chi connectivity index (χ1) is 12.5. The molecule has 0 radical (unpaired) electrons. The molecular formula is C19H22ClNO4S. The van der Waals surface area contributed by atoms with Crippen LogP contribution in [-0.4, -0.2) is 39.5 Å². The maximum absolute atomic E-state index is 12.9. The second kappa shape index (κ2) is 8.29. The molecule has 0 bridgehead atoms. The van der Waals surface area contributed by atoms with E-state index < -0.39 is 10.0 Å². The van der Waals surface area contributed by atoms with E-state index in [2.05, 4.69) is 0 Å². The van der Waals surface area contributed by atoms with Crippen molar-refractivity contribution in [3.63, 3.8) is 0 Å². The molecule has 1 aliphatic heterocycles. The van der Waals surface area contributed by atoms with Crippen molar-refractivity contribution >= 4 is 21.6 Å². The van der Waals surface area contributed by atoms with Crippen LogP contribution in [-0.2, 0) is 10.0 Å². The van der Waals surface area contributed by atoms with Gasteiger partial charge in [-0.3, -0.25) is 0 Å². The molecule has 3 rings (SSSR count). The first-order valence-corrected chi connectivity index (χ1v) is 10.3. The molecule has 26 heavy (non-hydrogen) atoms. The van der Waals surface area contributed by atoms with Crippen LogP contribution in [0, 0.1) is 5.92 Å². The van der Waals surface area contributed by atoms with Gasteiger partial charge in [0.15, 0.2) is 0 Å². The summed E-state index contributed by atoms with van der Waals surface area (Å²) in [5.74, 6) is 1.54. The van der Waals surface area contributed by atoms with Crippen LogP contribution in [0.25, 0.3) is 0 Å². The van der Waals surface area contributed by atoms with Crippen LogP contribution >= 0.6 is 11.6 Å². The van der Waals surface area contributed by atoms with Gasteiger partial charge in [0.05, 0.1) is 18.6 Å². The van der Waals surface area contributed by atoms with Crippen LogP contribution in [0.4, 0.5) is 0 Å². The van der Waals surface area contributed by atoms with Crippen molar-refractivity contribution in [3.8, 4) is 11.5 Å². The predicted octanol–water partition coefficient (Wildman–Crippen LogP) is 3.83. The Labute approximate surface area is 159 Å². The first kappa shape index (κ1) is 19.0. The summed E-state index contributed by atoms with van der Waals surface area (Å²) >= 11 is 5.87. The molecule has 1 unspecified atom stereocenters. The summed E-state index contributed by atoms with van der Waals surface area (Å²) in [5.41, 5.74) is 0. The molecule has 1 saturated heterocycles. The third-order valence-electron chi connectivity index (χ3n) is 4.48. The average Bonchev–Trinajstić information content (AvgIpc) is 2.68. The molecule has 2 aromatic rings. The predicted molar refractivity (Wildman–Crippen MR) is 101 cm³/mol. The summed E-state index contributed by atoms with van der Waals surface area (Å²) in [7, 11) is -1.95. The molecule has 1 atom stereocenters. The molecule has 140 valence electrons. The fourth-order valence-electron chi connectivity index (χ4n) is 3.02. The Morgan fingerprint density at radius 1 is 1.08 bits per heavy atom. The second-order valence-electron chi connectivity index (χ2n) is 6.31. The molecule has 0 spiro atoms. The number of rotatable bonds is 6. The van der Waals surface area contributed by atoms with Crippen LogP contribution in [0.3, 0.4) is 0 Å². The lowest BCUT2D eigenvalue weighted by atomic mass is 10.0. The van der Waals surface area contributed by atoms with E-state index in [1.54, 1.807) is 47.8 Å². The van der Waals surface area contributed by atoms with Crippen molar-refractivity contribution < 1.29 is 17.9 Å². The van der Waals surface area contributed by atoms with Gasteiger partial charge in [0.1, 0.15) is 11.5 Å². The molecule has 5 nitrogen and oxygen atoms in total. The average molecular weight is 396 g/mol. The number of sulfonamides is 1. The van der Waals surface area contributed by atoms with Gasteiger partial charge in [0, 0.05) is 24.0 Å². The number of piperidine rings is 1. The first-order valence-electron chi connectivity index (χ1n) is 8.51. The molecule has 0 saturated carbocycles. The minimum atomic E-state index is -3.50. The molecule has 7 heteroatoms. The summed E-state index contributed by atoms with van der Waals surface area (Å²) in [6, 6.07) is 13.7. The van der Waals surface area contributed by atoms with E-state index in [1.165, 1.54) is 0 Å². The molecule has 0 N–H and O–H groups in total. The van der Waals surface area contributed by atoms with Gasteiger partial charge in [0.2, 0.25) is 10.0 Å². The monoisotopic (exact) mass is 395 g/mol. The lowest BCUT2D eigenvalue weighted by Crippen LogP contribution is -2.41. The third kappa shape index (κ3) is 4.50. The van der Waals surface area contributed by atoms with E-state index in [1.807, 2.05) is 12.1 Å². The standard InChI is InChI=1S/C19H22ClNO4S/c1-24-17-8-10-19(11-9-17)26(22,23)21-12-2-3-15(13-21)14-25-18-6-4-16(20)5-7-18/h4-11,15H,2-3,12-14H2,1H3. The smallest absolute Gasteiger partial charge is 0.243 e. The maximum atomic E-state index is 12.9. The van der Waals surface area contributed by atoms with Gasteiger partial charge < -0.3 is 9.47 Å². The Kier molecular flexibility index (Phi) is 6.06. The molecule has 1 fully saturated rings. The van der Waals surface area contributed by atoms with Gasteiger partial charge >= 0.3 is 0 Å². The van der Waals surface area contributed by atoms with Crippen molar-refractivity contribution in [2.45, 2.75) is 17.7 Å². The van der Waals surface area contributed by atoms with Gasteiger partial charge in [0.25, 0.3) is 0 Å². The van der Waals surface area contributed by atoms with Gasteiger partial charge in [-0.2, -0.15) is 4.31 Å². The lowest BCUT2D eigenvalue weighted by molar-refractivity contribution is 0.180. The number of ether oxygens (including phenoxy) is 2. The molecule has 1 aliphatic rings. The second-order valence-corrected chi connectivity index (χ2v) is 8.69. The Hall–Kier alpha value is -1.76. The van der Waals surface area contributed by atoms with Crippen molar-refractivity contribution in [3.05, 3.63) is 53.6 Å². The van der Waals surface area contributed by atoms with Crippen LogP contribution in [0.15, 0.2) is 53.4 Å². The Morgan fingerprint density at radius 3 is 2.38 bits per heavy atom. The van der Waals surface area contributed by atoms with E-state index in [0.717, 1.165) is 18.6 Å². The molecule has 0 aliphatic carbocycles. The number of hydrogen-bond acceptors (Lipinski definition) is 4. The highest BCUT2D eigenvalue weighted by molar-refractivity contribution is 7.89. The minimum absolute atomic E-state index is 0.160. The van der Waals surface area contributed by atoms with E-state index in [-0.39, 0.29) is 10.8 Å². The summed E-state index contributed by atoms with van der Waals surface area (Å²) in [4.78, 5) is 0.289. The van der Waals surface area contributed by atoms with Crippen LogP contribution in [0.5, 0.6) is 11.5 Å². The van der Waals surface area contributed by atoms with E-state index >= 15 is 0 Å². The molecule has 0 amide bonds. The summed E-state index contributed by atoms with van der Waals surface area (Å²) in [5, 5.41) is 0.659. The van der Waals surface area contributed by atoms with Crippen molar-refractivity contribution in [1.29, 1.82) is 0 Å². The number of halogens is 1. The number of nitrogens with zero attached hydrogens (tertiary/aromatic N) is 1. The maximum Gasteiger partial charge on any atom is 0.243 e. The quantitative estimate of drug-likeness (QED) is 0.745. The van der Waals surface area contributed by atoms with Crippen LogP contribution < -0.4 is 9.47 Å². The third-order valence-corrected chi connectivity index (χ3v) is 6.61. The molecule has 0 aromatic heterocycles. The van der Waals surface area contributed by atoms with Gasteiger partial charge in [-0.25, -0.2) is 8.42 Å². The highest BCUT2D eigenvalue weighted by atomic mass is 35.5. The zero-order valence-corrected chi connectivity index (χ0v) is 16.2. The Bertz CT molecular complexity index is 822. The van der Waals surface area contributed by atoms with Crippen LogP contribution in [0.1, 0.15) is 12.8 Å². The summed E-state index contributed by atoms with van der Waals surface area (Å²) < 4.78 is 38.2. The zero-order valence-electron chi connectivity index (χ0n) is 14.6. The van der Waals surface area contributed by atoms with Crippen molar-refractivity contribution in [2.24, 2.45) is 5.92 Å². The zero-order chi connectivity index (χ0) is 18.6. The summed E-state index contributed by atoms with van der Waals surface area (Å²) in [6.45, 7) is 1.48. The fourth-order valence-corrected chi connectivity index (χ4v) is 4.70. The summed E-state index contributed by atoms with van der Waals surface area (Å²) in [6.07, 6.45) is 1.77. The SMILES string of the molecule is COc1ccc(S(=O)(=O)N2CCCC(COc3ccc(Cl)cc3)C2)cc1. The Morgan fingerprint density at radius 2 is 1.73 bits per heavy atom. The molecular weight excluding hydrogens is 374 g/mol. The van der Waals surface area contributed by atoms with E-state index in [4.69, 9.17) is 21.1 Å². The largest absolute Gasteiger partial charge is 0.497 e. The highest BCUT2D eigenvalue weighted by Crippen LogP contribution is 2.26. The van der Waals surface area contributed by atoms with Gasteiger partial charge in [-0.15, -0.1) is 0 Å². The van der Waals surface area contributed by atoms with Crippen molar-refractivity contribution in [2.75, 3.05) is 26.8 Å². The van der Waals surface area contributed by atoms with Gasteiger partial charge in [-0.1, -0.05) is 11.6 Å². The molecule has 1 heterocycles. The highest BCUT2D eigenvalue weighted by Gasteiger charge is 2.30. The topological polar surface area (TPSA) is 55.8 Å².